The van der Waals surface area contributed by atoms with Gasteiger partial charge in [0.2, 0.25) is 0 Å². The third kappa shape index (κ3) is 6.05. The normalized spacial score (nSPS) is 12.9. The number of fused-ring (bicyclic) bond motifs is 1. The van der Waals surface area contributed by atoms with Gasteiger partial charge in [0.1, 0.15) is 11.5 Å². The number of halogens is 1. The van der Waals surface area contributed by atoms with Gasteiger partial charge in [0.15, 0.2) is 5.11 Å². The molecule has 0 saturated carbocycles. The molecule has 1 aromatic heterocycles. The molecular formula is C27H32ClN3O2S. The molecule has 0 saturated heterocycles. The summed E-state index contributed by atoms with van der Waals surface area (Å²) in [7, 11) is 1.63. The van der Waals surface area contributed by atoms with E-state index in [9.17, 15) is 0 Å². The molecule has 1 aliphatic heterocycles. The van der Waals surface area contributed by atoms with E-state index in [4.69, 9.17) is 33.0 Å². The number of furan rings is 1. The van der Waals surface area contributed by atoms with Crippen LogP contribution in [0.2, 0.25) is 5.02 Å². The smallest absolute Gasteiger partial charge is 0.174 e. The molecule has 0 unspecified atom stereocenters. The SMILES string of the molecule is CCCCN1CCCc2cc(CN(Cc3ccco3)C(=S)Nc3cc(Cl)ccc3OC)ccc21. The number of nitrogens with zero attached hydrogens (tertiary/aromatic N) is 2. The van der Waals surface area contributed by atoms with Crippen LogP contribution in [-0.2, 0) is 19.5 Å². The van der Waals surface area contributed by atoms with Gasteiger partial charge in [-0.3, -0.25) is 0 Å². The Morgan fingerprint density at radius 3 is 2.85 bits per heavy atom. The van der Waals surface area contributed by atoms with Crippen molar-refractivity contribution in [3.8, 4) is 5.75 Å². The minimum Gasteiger partial charge on any atom is -0.495 e. The van der Waals surface area contributed by atoms with Crippen LogP contribution in [0.4, 0.5) is 11.4 Å². The molecule has 5 nitrogen and oxygen atoms in total. The lowest BCUT2D eigenvalue weighted by Gasteiger charge is -2.32. The Hall–Kier alpha value is -2.70. The Balaban J connectivity index is 1.55. The van der Waals surface area contributed by atoms with Gasteiger partial charge in [-0.25, -0.2) is 0 Å². The number of hydrogen-bond acceptors (Lipinski definition) is 4. The van der Waals surface area contributed by atoms with Crippen LogP contribution in [0, 0.1) is 0 Å². The van der Waals surface area contributed by atoms with Gasteiger partial charge in [0.05, 0.1) is 25.6 Å². The van der Waals surface area contributed by atoms with Gasteiger partial charge < -0.3 is 24.3 Å². The fraction of sp³-hybridized carbons (Fsp3) is 0.370. The predicted molar refractivity (Wildman–Crippen MR) is 144 cm³/mol. The third-order valence-corrected chi connectivity index (χ3v) is 6.73. The Morgan fingerprint density at radius 2 is 2.09 bits per heavy atom. The summed E-state index contributed by atoms with van der Waals surface area (Å²) in [5.41, 5.74) is 4.77. The zero-order valence-electron chi connectivity index (χ0n) is 19.9. The fourth-order valence-corrected chi connectivity index (χ4v) is 4.80. The average Bonchev–Trinajstić information content (AvgIpc) is 3.35. The molecule has 3 aromatic rings. The van der Waals surface area contributed by atoms with Gasteiger partial charge in [-0.2, -0.15) is 0 Å². The first-order valence-electron chi connectivity index (χ1n) is 11.9. The van der Waals surface area contributed by atoms with E-state index in [0.717, 1.165) is 31.0 Å². The van der Waals surface area contributed by atoms with E-state index in [2.05, 4.69) is 40.2 Å². The van der Waals surface area contributed by atoms with Crippen molar-refractivity contribution in [3.63, 3.8) is 0 Å². The van der Waals surface area contributed by atoms with Crippen LogP contribution in [0.3, 0.4) is 0 Å². The summed E-state index contributed by atoms with van der Waals surface area (Å²) >= 11 is 12.1. The van der Waals surface area contributed by atoms with Crippen molar-refractivity contribution >= 4 is 40.3 Å². The first-order valence-corrected chi connectivity index (χ1v) is 12.6. The Labute approximate surface area is 212 Å². The summed E-state index contributed by atoms with van der Waals surface area (Å²) in [6.07, 6.45) is 6.45. The molecule has 0 amide bonds. The van der Waals surface area contributed by atoms with E-state index >= 15 is 0 Å². The van der Waals surface area contributed by atoms with Gasteiger partial charge in [0, 0.05) is 30.3 Å². The summed E-state index contributed by atoms with van der Waals surface area (Å²) in [4.78, 5) is 4.64. The quantitative estimate of drug-likeness (QED) is 0.324. The number of hydrogen-bond donors (Lipinski definition) is 1. The maximum atomic E-state index is 6.22. The maximum Gasteiger partial charge on any atom is 0.174 e. The number of thiocarbonyl (C=S) groups is 1. The summed E-state index contributed by atoms with van der Waals surface area (Å²) in [6, 6.07) is 16.2. The number of anilines is 2. The molecule has 0 atom stereocenters. The predicted octanol–water partition coefficient (Wildman–Crippen LogP) is 6.89. The van der Waals surface area contributed by atoms with Crippen molar-refractivity contribution in [2.24, 2.45) is 0 Å². The number of ether oxygens (including phenoxy) is 1. The molecule has 0 spiro atoms. The molecule has 2 aromatic carbocycles. The van der Waals surface area contributed by atoms with Crippen LogP contribution in [0.15, 0.2) is 59.2 Å². The zero-order chi connectivity index (χ0) is 23.9. The van der Waals surface area contributed by atoms with Crippen LogP contribution < -0.4 is 15.0 Å². The summed E-state index contributed by atoms with van der Waals surface area (Å²) in [5.74, 6) is 1.54. The summed E-state index contributed by atoms with van der Waals surface area (Å²) < 4.78 is 11.1. The monoisotopic (exact) mass is 497 g/mol. The van der Waals surface area contributed by atoms with Crippen molar-refractivity contribution in [2.45, 2.75) is 45.7 Å². The standard InChI is InChI=1S/C27H32ClN3O2S/c1-3-4-13-30-14-5-7-21-16-20(9-11-25(21)30)18-31(19-23-8-6-15-33-23)27(34)29-24-17-22(28)10-12-26(24)32-2/h6,8-12,15-17H,3-5,7,13-14,18-19H2,1-2H3,(H,29,34). The number of aryl methyl sites for hydroxylation is 1. The highest BCUT2D eigenvalue weighted by atomic mass is 35.5. The fourth-order valence-electron chi connectivity index (χ4n) is 4.39. The Bertz CT molecular complexity index is 1100. The number of unbranched alkanes of at least 4 members (excludes halogenated alkanes) is 1. The van der Waals surface area contributed by atoms with Gasteiger partial charge in [-0.15, -0.1) is 0 Å². The van der Waals surface area contributed by atoms with Crippen LogP contribution in [0.25, 0.3) is 0 Å². The highest BCUT2D eigenvalue weighted by Crippen LogP contribution is 2.30. The average molecular weight is 498 g/mol. The maximum absolute atomic E-state index is 6.22. The molecule has 7 heteroatoms. The molecule has 0 aliphatic carbocycles. The molecule has 1 N–H and O–H groups in total. The van der Waals surface area contributed by atoms with Crippen molar-refractivity contribution < 1.29 is 9.15 Å². The minimum atomic E-state index is 0.557. The van der Waals surface area contributed by atoms with Crippen LogP contribution >= 0.6 is 23.8 Å². The lowest BCUT2D eigenvalue weighted by molar-refractivity contribution is 0.360. The van der Waals surface area contributed by atoms with E-state index in [0.29, 0.717) is 29.0 Å². The number of nitrogens with one attached hydrogen (secondary N) is 1. The van der Waals surface area contributed by atoms with Gasteiger partial charge in [-0.05, 0) is 79.0 Å². The topological polar surface area (TPSA) is 40.9 Å². The van der Waals surface area contributed by atoms with E-state index in [-0.39, 0.29) is 0 Å². The second kappa shape index (κ2) is 11.6. The largest absolute Gasteiger partial charge is 0.495 e. The molecule has 0 fully saturated rings. The highest BCUT2D eigenvalue weighted by molar-refractivity contribution is 7.80. The molecule has 2 heterocycles. The Kier molecular flexibility index (Phi) is 8.35. The van der Waals surface area contributed by atoms with Crippen LogP contribution in [0.5, 0.6) is 5.75 Å². The number of benzene rings is 2. The van der Waals surface area contributed by atoms with E-state index < -0.39 is 0 Å². The number of rotatable bonds is 9. The molecule has 0 bridgehead atoms. The number of methoxy groups -OCH3 is 1. The van der Waals surface area contributed by atoms with Crippen molar-refractivity contribution in [2.75, 3.05) is 30.4 Å². The third-order valence-electron chi connectivity index (χ3n) is 6.13. The molecular weight excluding hydrogens is 466 g/mol. The molecule has 4 rings (SSSR count). The van der Waals surface area contributed by atoms with Crippen molar-refractivity contribution in [1.82, 2.24) is 4.90 Å². The van der Waals surface area contributed by atoms with E-state index in [1.807, 2.05) is 24.3 Å². The van der Waals surface area contributed by atoms with Gasteiger partial charge in [0.25, 0.3) is 0 Å². The lowest BCUT2D eigenvalue weighted by atomic mass is 9.98. The van der Waals surface area contributed by atoms with Crippen LogP contribution in [0.1, 0.15) is 43.1 Å². The zero-order valence-corrected chi connectivity index (χ0v) is 21.4. The summed E-state index contributed by atoms with van der Waals surface area (Å²) in [6.45, 7) is 5.74. The van der Waals surface area contributed by atoms with E-state index in [1.54, 1.807) is 19.4 Å². The highest BCUT2D eigenvalue weighted by Gasteiger charge is 2.19. The van der Waals surface area contributed by atoms with Gasteiger partial charge >= 0.3 is 0 Å². The Morgan fingerprint density at radius 1 is 1.21 bits per heavy atom. The van der Waals surface area contributed by atoms with Crippen LogP contribution in [-0.4, -0.2) is 30.2 Å². The molecule has 34 heavy (non-hydrogen) atoms. The molecule has 0 radical (unpaired) electrons. The lowest BCUT2D eigenvalue weighted by Crippen LogP contribution is -2.34. The molecule has 1 aliphatic rings. The first-order chi connectivity index (χ1) is 16.6. The van der Waals surface area contributed by atoms with Gasteiger partial charge in [-0.1, -0.05) is 37.1 Å². The second-order valence-electron chi connectivity index (χ2n) is 8.62. The second-order valence-corrected chi connectivity index (χ2v) is 9.44. The summed E-state index contributed by atoms with van der Waals surface area (Å²) in [5, 5.41) is 4.52. The van der Waals surface area contributed by atoms with Crippen molar-refractivity contribution in [1.29, 1.82) is 0 Å². The van der Waals surface area contributed by atoms with Crippen molar-refractivity contribution in [3.05, 3.63) is 76.7 Å². The van der Waals surface area contributed by atoms with E-state index in [1.165, 1.54) is 36.1 Å². The molecule has 180 valence electrons. The minimum absolute atomic E-state index is 0.557. The first kappa shape index (κ1) is 24.4.